The van der Waals surface area contributed by atoms with Crippen molar-refractivity contribution in [3.63, 3.8) is 0 Å². The molecule has 0 spiro atoms. The lowest BCUT2D eigenvalue weighted by Gasteiger charge is -2.38. The molecule has 0 amide bonds. The molecule has 24 heavy (non-hydrogen) atoms. The quantitative estimate of drug-likeness (QED) is 0.492. The Bertz CT molecular complexity index is 685. The molecule has 3 rings (SSSR count). The van der Waals surface area contributed by atoms with Crippen molar-refractivity contribution in [2.24, 2.45) is 11.1 Å². The topological polar surface area (TPSA) is 35.8 Å². The molecule has 1 N–H and O–H groups in total. The van der Waals surface area contributed by atoms with Crippen molar-refractivity contribution in [1.29, 1.82) is 0 Å². The second kappa shape index (κ2) is 7.82. The number of likely N-dealkylation sites (tertiary alicyclic amines) is 1. The molecule has 4 heteroatoms. The van der Waals surface area contributed by atoms with Crippen LogP contribution in [0, 0.1) is 5.92 Å². The van der Waals surface area contributed by atoms with Gasteiger partial charge >= 0.3 is 0 Å². The lowest BCUT2D eigenvalue weighted by atomic mass is 9.78. The van der Waals surface area contributed by atoms with E-state index in [1.165, 1.54) is 11.1 Å². The maximum atomic E-state index is 9.25. The van der Waals surface area contributed by atoms with Crippen LogP contribution in [0.15, 0.2) is 59.8 Å². The molecule has 0 bridgehead atoms. The van der Waals surface area contributed by atoms with Crippen LogP contribution < -0.4 is 0 Å². The van der Waals surface area contributed by atoms with Crippen LogP contribution in [-0.4, -0.2) is 28.9 Å². The summed E-state index contributed by atoms with van der Waals surface area (Å²) in [6.07, 6.45) is 0.996. The van der Waals surface area contributed by atoms with Gasteiger partial charge < -0.3 is 5.21 Å². The van der Waals surface area contributed by atoms with Crippen molar-refractivity contribution in [3.05, 3.63) is 70.7 Å². The molecule has 1 aliphatic heterocycles. The molecule has 1 aliphatic rings. The lowest BCUT2D eigenvalue weighted by molar-refractivity contribution is 0.176. The average Bonchev–Trinajstić information content (AvgIpc) is 2.62. The highest BCUT2D eigenvalue weighted by atomic mass is 35.5. The maximum Gasteiger partial charge on any atom is 0.0577 e. The van der Waals surface area contributed by atoms with E-state index in [1.54, 1.807) is 0 Å². The zero-order valence-electron chi connectivity index (χ0n) is 13.9. The summed E-state index contributed by atoms with van der Waals surface area (Å²) in [5, 5.41) is 13.5. The predicted molar refractivity (Wildman–Crippen MR) is 98.9 cm³/mol. The third-order valence-corrected chi connectivity index (χ3v) is 5.19. The van der Waals surface area contributed by atoms with E-state index in [4.69, 9.17) is 11.6 Å². The zero-order valence-corrected chi connectivity index (χ0v) is 14.7. The van der Waals surface area contributed by atoms with Crippen LogP contribution in [0.2, 0.25) is 5.02 Å². The number of hydrogen-bond acceptors (Lipinski definition) is 3. The predicted octanol–water partition coefficient (Wildman–Crippen LogP) is 4.80. The normalized spacial score (nSPS) is 22.5. The second-order valence-corrected chi connectivity index (χ2v) is 6.95. The third kappa shape index (κ3) is 3.97. The number of halogens is 1. The van der Waals surface area contributed by atoms with Crippen LogP contribution in [0.3, 0.4) is 0 Å². The van der Waals surface area contributed by atoms with Gasteiger partial charge in [0.15, 0.2) is 0 Å². The van der Waals surface area contributed by atoms with E-state index in [0.29, 0.717) is 5.92 Å². The maximum absolute atomic E-state index is 9.25. The van der Waals surface area contributed by atoms with Gasteiger partial charge in [-0.05, 0) is 43.1 Å². The molecule has 0 radical (unpaired) electrons. The van der Waals surface area contributed by atoms with Gasteiger partial charge in [-0.25, -0.2) is 0 Å². The minimum atomic E-state index is 0.267. The molecule has 126 valence electrons. The SMILES string of the molecule is C/C(=N\O)C1CCN(Cc2ccccc2)C[C@@H]1c1ccc(Cl)cc1. The van der Waals surface area contributed by atoms with Crippen molar-refractivity contribution >= 4 is 17.3 Å². The van der Waals surface area contributed by atoms with Crippen LogP contribution in [0.25, 0.3) is 0 Å². The largest absolute Gasteiger partial charge is 0.411 e. The van der Waals surface area contributed by atoms with Crippen LogP contribution >= 0.6 is 11.6 Å². The van der Waals surface area contributed by atoms with Gasteiger partial charge in [0.25, 0.3) is 0 Å². The highest BCUT2D eigenvalue weighted by Gasteiger charge is 2.32. The van der Waals surface area contributed by atoms with Crippen molar-refractivity contribution in [2.45, 2.75) is 25.8 Å². The molecular weight excluding hydrogens is 320 g/mol. The first kappa shape index (κ1) is 17.0. The molecule has 1 fully saturated rings. The molecule has 1 saturated heterocycles. The molecular formula is C20H23ClN2O. The van der Waals surface area contributed by atoms with E-state index < -0.39 is 0 Å². The van der Waals surface area contributed by atoms with Gasteiger partial charge in [0.05, 0.1) is 5.71 Å². The molecule has 1 heterocycles. The van der Waals surface area contributed by atoms with Gasteiger partial charge in [0.1, 0.15) is 0 Å². The van der Waals surface area contributed by atoms with Crippen LogP contribution in [0.1, 0.15) is 30.4 Å². The molecule has 0 aromatic heterocycles. The highest BCUT2D eigenvalue weighted by molar-refractivity contribution is 6.30. The summed E-state index contributed by atoms with van der Waals surface area (Å²) in [6.45, 7) is 4.83. The van der Waals surface area contributed by atoms with Crippen LogP contribution in [-0.2, 0) is 6.54 Å². The first-order valence-electron chi connectivity index (χ1n) is 8.37. The molecule has 2 aromatic rings. The molecule has 0 saturated carbocycles. The van der Waals surface area contributed by atoms with E-state index in [2.05, 4.69) is 46.5 Å². The van der Waals surface area contributed by atoms with Crippen molar-refractivity contribution in [3.8, 4) is 0 Å². The standard InChI is InChI=1S/C20H23ClN2O/c1-15(22-24)19-11-12-23(13-16-5-3-2-4-6-16)14-20(19)17-7-9-18(21)10-8-17/h2-10,19-20,24H,11-14H2,1H3/b22-15+/t19?,20-/m1/s1. The van der Waals surface area contributed by atoms with Crippen molar-refractivity contribution in [2.75, 3.05) is 13.1 Å². The number of benzene rings is 2. The van der Waals surface area contributed by atoms with Gasteiger partial charge in [0, 0.05) is 29.9 Å². The number of rotatable bonds is 4. The van der Waals surface area contributed by atoms with Crippen molar-refractivity contribution in [1.82, 2.24) is 4.90 Å². The van der Waals surface area contributed by atoms with Crippen molar-refractivity contribution < 1.29 is 5.21 Å². The minimum Gasteiger partial charge on any atom is -0.411 e. The smallest absolute Gasteiger partial charge is 0.0577 e. The highest BCUT2D eigenvalue weighted by Crippen LogP contribution is 2.34. The molecule has 3 nitrogen and oxygen atoms in total. The zero-order chi connectivity index (χ0) is 16.9. The Morgan fingerprint density at radius 2 is 1.88 bits per heavy atom. The van der Waals surface area contributed by atoms with E-state index in [9.17, 15) is 5.21 Å². The Hall–Kier alpha value is -1.84. The van der Waals surface area contributed by atoms with Gasteiger partial charge in [-0.1, -0.05) is 59.2 Å². The minimum absolute atomic E-state index is 0.267. The summed E-state index contributed by atoms with van der Waals surface area (Å²) >= 11 is 6.04. The van der Waals surface area contributed by atoms with Crippen LogP contribution in [0.4, 0.5) is 0 Å². The Morgan fingerprint density at radius 3 is 2.54 bits per heavy atom. The molecule has 0 aliphatic carbocycles. The molecule has 1 unspecified atom stereocenters. The molecule has 2 atom stereocenters. The number of nitrogens with zero attached hydrogens (tertiary/aromatic N) is 2. The van der Waals surface area contributed by atoms with Gasteiger partial charge in [-0.2, -0.15) is 0 Å². The van der Waals surface area contributed by atoms with E-state index in [0.717, 1.165) is 36.8 Å². The fraction of sp³-hybridized carbons (Fsp3) is 0.350. The average molecular weight is 343 g/mol. The summed E-state index contributed by atoms with van der Waals surface area (Å²) in [5.74, 6) is 0.582. The monoisotopic (exact) mass is 342 g/mol. The summed E-state index contributed by atoms with van der Waals surface area (Å²) < 4.78 is 0. The molecule has 2 aromatic carbocycles. The second-order valence-electron chi connectivity index (χ2n) is 6.52. The fourth-order valence-electron chi connectivity index (χ4n) is 3.63. The van der Waals surface area contributed by atoms with Gasteiger partial charge in [-0.3, -0.25) is 4.90 Å². The number of oxime groups is 1. The first-order valence-corrected chi connectivity index (χ1v) is 8.75. The lowest BCUT2D eigenvalue weighted by Crippen LogP contribution is -2.41. The summed E-state index contributed by atoms with van der Waals surface area (Å²) in [4.78, 5) is 2.48. The van der Waals surface area contributed by atoms with Crippen LogP contribution in [0.5, 0.6) is 0 Å². The van der Waals surface area contributed by atoms with Gasteiger partial charge in [-0.15, -0.1) is 0 Å². The Kier molecular flexibility index (Phi) is 5.54. The number of piperidine rings is 1. The number of hydrogen-bond donors (Lipinski definition) is 1. The summed E-state index contributed by atoms with van der Waals surface area (Å²) in [7, 11) is 0. The van der Waals surface area contributed by atoms with Gasteiger partial charge in [0.2, 0.25) is 0 Å². The summed E-state index contributed by atoms with van der Waals surface area (Å²) in [6, 6.07) is 18.6. The first-order chi connectivity index (χ1) is 11.7. The Morgan fingerprint density at radius 1 is 1.17 bits per heavy atom. The Balaban J connectivity index is 1.80. The third-order valence-electron chi connectivity index (χ3n) is 4.94. The Labute approximate surface area is 148 Å². The summed E-state index contributed by atoms with van der Waals surface area (Å²) in [5.41, 5.74) is 3.40. The fourth-order valence-corrected chi connectivity index (χ4v) is 3.75. The van der Waals surface area contributed by atoms with E-state index in [1.807, 2.05) is 25.1 Å². The van der Waals surface area contributed by atoms with E-state index >= 15 is 0 Å². The van der Waals surface area contributed by atoms with E-state index in [-0.39, 0.29) is 5.92 Å².